The van der Waals surface area contributed by atoms with Gasteiger partial charge in [0.15, 0.2) is 0 Å². The van der Waals surface area contributed by atoms with E-state index in [1.807, 2.05) is 0 Å². The van der Waals surface area contributed by atoms with E-state index in [9.17, 15) is 0 Å². The minimum Gasteiger partial charge on any atom is -0.378 e. The molecule has 0 saturated carbocycles. The van der Waals surface area contributed by atoms with Gasteiger partial charge < -0.3 is 15.8 Å². The molecule has 1 aliphatic rings. The highest BCUT2D eigenvalue weighted by Crippen LogP contribution is 2.23. The maximum absolute atomic E-state index is 5.87. The van der Waals surface area contributed by atoms with E-state index in [0.29, 0.717) is 18.6 Å². The SMILES string of the molecule is CC(C)CNC1(CN)CCOC(C)C1. The Balaban J connectivity index is 2.47. The van der Waals surface area contributed by atoms with Gasteiger partial charge in [0.1, 0.15) is 0 Å². The van der Waals surface area contributed by atoms with Crippen LogP contribution in [0.3, 0.4) is 0 Å². The predicted molar refractivity (Wildman–Crippen MR) is 59.3 cm³/mol. The van der Waals surface area contributed by atoms with Gasteiger partial charge in [0.05, 0.1) is 6.10 Å². The van der Waals surface area contributed by atoms with Crippen LogP contribution in [-0.2, 0) is 4.74 Å². The summed E-state index contributed by atoms with van der Waals surface area (Å²) in [6, 6.07) is 0. The van der Waals surface area contributed by atoms with Crippen molar-refractivity contribution in [1.82, 2.24) is 5.32 Å². The van der Waals surface area contributed by atoms with Crippen molar-refractivity contribution in [2.75, 3.05) is 19.7 Å². The standard InChI is InChI=1S/C11H24N2O/c1-9(2)7-13-11(8-12)4-5-14-10(3)6-11/h9-10,13H,4-8,12H2,1-3H3. The van der Waals surface area contributed by atoms with E-state index in [4.69, 9.17) is 10.5 Å². The Morgan fingerprint density at radius 3 is 2.79 bits per heavy atom. The molecule has 2 unspecified atom stereocenters. The van der Waals surface area contributed by atoms with Crippen LogP contribution in [0, 0.1) is 5.92 Å². The molecular weight excluding hydrogens is 176 g/mol. The van der Waals surface area contributed by atoms with E-state index in [0.717, 1.165) is 26.0 Å². The highest BCUT2D eigenvalue weighted by molar-refractivity contribution is 4.93. The second kappa shape index (κ2) is 5.10. The maximum atomic E-state index is 5.87. The molecule has 3 heteroatoms. The molecule has 0 aromatic rings. The monoisotopic (exact) mass is 200 g/mol. The van der Waals surface area contributed by atoms with Crippen LogP contribution in [0.15, 0.2) is 0 Å². The topological polar surface area (TPSA) is 47.3 Å². The van der Waals surface area contributed by atoms with Gasteiger partial charge in [-0.2, -0.15) is 0 Å². The van der Waals surface area contributed by atoms with Crippen molar-refractivity contribution in [1.29, 1.82) is 0 Å². The van der Waals surface area contributed by atoms with Crippen LogP contribution >= 0.6 is 0 Å². The summed E-state index contributed by atoms with van der Waals surface area (Å²) in [5.41, 5.74) is 6.00. The van der Waals surface area contributed by atoms with E-state index in [1.165, 1.54) is 0 Å². The third kappa shape index (κ3) is 3.23. The smallest absolute Gasteiger partial charge is 0.0565 e. The number of hydrogen-bond acceptors (Lipinski definition) is 3. The Hall–Kier alpha value is -0.120. The summed E-state index contributed by atoms with van der Waals surface area (Å²) in [6.45, 7) is 9.17. The molecule has 1 fully saturated rings. The molecule has 84 valence electrons. The van der Waals surface area contributed by atoms with Crippen molar-refractivity contribution in [3.05, 3.63) is 0 Å². The van der Waals surface area contributed by atoms with Crippen molar-refractivity contribution < 1.29 is 4.74 Å². The number of nitrogens with one attached hydrogen (secondary N) is 1. The first kappa shape index (κ1) is 12.0. The molecule has 14 heavy (non-hydrogen) atoms. The van der Waals surface area contributed by atoms with Crippen LogP contribution in [0.25, 0.3) is 0 Å². The fraction of sp³-hybridized carbons (Fsp3) is 1.00. The molecule has 0 aromatic heterocycles. The van der Waals surface area contributed by atoms with E-state index >= 15 is 0 Å². The Kier molecular flexibility index (Phi) is 4.35. The number of nitrogens with two attached hydrogens (primary N) is 1. The normalized spacial score (nSPS) is 33.6. The summed E-state index contributed by atoms with van der Waals surface area (Å²) >= 11 is 0. The van der Waals surface area contributed by atoms with E-state index < -0.39 is 0 Å². The average molecular weight is 200 g/mol. The van der Waals surface area contributed by atoms with Gasteiger partial charge in [0, 0.05) is 18.7 Å². The van der Waals surface area contributed by atoms with Crippen molar-refractivity contribution >= 4 is 0 Å². The zero-order chi connectivity index (χ0) is 10.6. The lowest BCUT2D eigenvalue weighted by Crippen LogP contribution is -2.57. The molecule has 3 N–H and O–H groups in total. The van der Waals surface area contributed by atoms with Crippen LogP contribution in [0.2, 0.25) is 0 Å². The Bertz CT molecular complexity index is 173. The lowest BCUT2D eigenvalue weighted by atomic mass is 9.86. The fourth-order valence-electron chi connectivity index (χ4n) is 2.01. The summed E-state index contributed by atoms with van der Waals surface area (Å²) in [7, 11) is 0. The largest absolute Gasteiger partial charge is 0.378 e. The van der Waals surface area contributed by atoms with Gasteiger partial charge in [-0.05, 0) is 32.2 Å². The first-order valence-electron chi connectivity index (χ1n) is 5.65. The molecule has 0 spiro atoms. The van der Waals surface area contributed by atoms with Crippen molar-refractivity contribution in [3.8, 4) is 0 Å². The van der Waals surface area contributed by atoms with E-state index in [-0.39, 0.29) is 5.54 Å². The number of rotatable bonds is 4. The van der Waals surface area contributed by atoms with Crippen molar-refractivity contribution in [2.45, 2.75) is 45.3 Å². The van der Waals surface area contributed by atoms with Gasteiger partial charge in [-0.25, -0.2) is 0 Å². The molecule has 1 rings (SSSR count). The van der Waals surface area contributed by atoms with Gasteiger partial charge in [-0.3, -0.25) is 0 Å². The van der Waals surface area contributed by atoms with Crippen LogP contribution in [0.4, 0.5) is 0 Å². The highest BCUT2D eigenvalue weighted by Gasteiger charge is 2.33. The summed E-state index contributed by atoms with van der Waals surface area (Å²) in [6.07, 6.45) is 2.42. The summed E-state index contributed by atoms with van der Waals surface area (Å²) in [5.74, 6) is 0.677. The third-order valence-corrected chi connectivity index (χ3v) is 2.94. The quantitative estimate of drug-likeness (QED) is 0.715. The minimum atomic E-state index is 0.127. The average Bonchev–Trinajstić information content (AvgIpc) is 2.15. The molecule has 0 aliphatic carbocycles. The van der Waals surface area contributed by atoms with Gasteiger partial charge >= 0.3 is 0 Å². The first-order valence-corrected chi connectivity index (χ1v) is 5.65. The summed E-state index contributed by atoms with van der Waals surface area (Å²) in [5, 5.41) is 3.61. The predicted octanol–water partition coefficient (Wildman–Crippen LogP) is 1.13. The second-order valence-electron chi connectivity index (χ2n) is 4.89. The zero-order valence-corrected chi connectivity index (χ0v) is 9.68. The Labute approximate surface area is 87.4 Å². The lowest BCUT2D eigenvalue weighted by Gasteiger charge is -2.40. The number of hydrogen-bond donors (Lipinski definition) is 2. The van der Waals surface area contributed by atoms with Crippen molar-refractivity contribution in [3.63, 3.8) is 0 Å². The molecule has 1 heterocycles. The molecule has 2 atom stereocenters. The third-order valence-electron chi connectivity index (χ3n) is 2.94. The van der Waals surface area contributed by atoms with Gasteiger partial charge in [0.25, 0.3) is 0 Å². The van der Waals surface area contributed by atoms with E-state index in [1.54, 1.807) is 0 Å². The molecule has 0 aromatic carbocycles. The molecule has 3 nitrogen and oxygen atoms in total. The highest BCUT2D eigenvalue weighted by atomic mass is 16.5. The molecule has 0 amide bonds. The zero-order valence-electron chi connectivity index (χ0n) is 9.68. The Morgan fingerprint density at radius 2 is 2.29 bits per heavy atom. The summed E-state index contributed by atoms with van der Waals surface area (Å²) < 4.78 is 5.55. The van der Waals surface area contributed by atoms with Gasteiger partial charge in [-0.15, -0.1) is 0 Å². The minimum absolute atomic E-state index is 0.127. The van der Waals surface area contributed by atoms with Gasteiger partial charge in [0.2, 0.25) is 0 Å². The van der Waals surface area contributed by atoms with Gasteiger partial charge in [-0.1, -0.05) is 13.8 Å². The number of ether oxygens (including phenoxy) is 1. The molecule has 1 saturated heterocycles. The lowest BCUT2D eigenvalue weighted by molar-refractivity contribution is -0.0168. The molecule has 0 bridgehead atoms. The fourth-order valence-corrected chi connectivity index (χ4v) is 2.01. The van der Waals surface area contributed by atoms with E-state index in [2.05, 4.69) is 26.1 Å². The summed E-state index contributed by atoms with van der Waals surface area (Å²) in [4.78, 5) is 0. The molecular formula is C11H24N2O. The van der Waals surface area contributed by atoms with Crippen LogP contribution < -0.4 is 11.1 Å². The molecule has 0 radical (unpaired) electrons. The van der Waals surface area contributed by atoms with Crippen LogP contribution in [0.5, 0.6) is 0 Å². The maximum Gasteiger partial charge on any atom is 0.0565 e. The molecule has 1 aliphatic heterocycles. The first-order chi connectivity index (χ1) is 6.58. The Morgan fingerprint density at radius 1 is 1.57 bits per heavy atom. The van der Waals surface area contributed by atoms with Crippen molar-refractivity contribution in [2.24, 2.45) is 11.7 Å². The van der Waals surface area contributed by atoms with Crippen LogP contribution in [-0.4, -0.2) is 31.3 Å². The second-order valence-corrected chi connectivity index (χ2v) is 4.89. The van der Waals surface area contributed by atoms with Crippen LogP contribution in [0.1, 0.15) is 33.6 Å².